The van der Waals surface area contributed by atoms with Crippen molar-refractivity contribution in [3.8, 4) is 0 Å². The third-order valence-corrected chi connectivity index (χ3v) is 3.72. The van der Waals surface area contributed by atoms with Crippen molar-refractivity contribution in [2.45, 2.75) is 19.3 Å². The number of carbonyl (C=O) groups is 1. The molecule has 4 heteroatoms. The van der Waals surface area contributed by atoms with Crippen LogP contribution < -0.4 is 5.32 Å². The molecule has 1 amide bonds. The maximum atomic E-state index is 12.1. The average molecular weight is 255 g/mol. The van der Waals surface area contributed by atoms with Crippen molar-refractivity contribution in [1.82, 2.24) is 9.78 Å². The number of aryl methyl sites for hydroxylation is 2. The molecule has 19 heavy (non-hydrogen) atoms. The first kappa shape index (κ1) is 12.0. The number of nitrogens with one attached hydrogen (secondary N) is 1. The zero-order chi connectivity index (χ0) is 13.4. The Morgan fingerprint density at radius 2 is 2.11 bits per heavy atom. The quantitative estimate of drug-likeness (QED) is 0.915. The number of hydrogen-bond acceptors (Lipinski definition) is 2. The number of amides is 1. The van der Waals surface area contributed by atoms with Gasteiger partial charge < -0.3 is 5.32 Å². The minimum absolute atomic E-state index is 0.0759. The Morgan fingerprint density at radius 3 is 2.74 bits per heavy atom. The lowest BCUT2D eigenvalue weighted by Crippen LogP contribution is -2.15. The Hall–Kier alpha value is -2.10. The van der Waals surface area contributed by atoms with Crippen LogP contribution in [0.15, 0.2) is 36.4 Å². The van der Waals surface area contributed by atoms with Gasteiger partial charge in [-0.2, -0.15) is 5.10 Å². The Bertz CT molecular complexity index is 584. The molecular formula is C15H17N3O. The Kier molecular flexibility index (Phi) is 2.85. The minimum Gasteiger partial charge on any atom is -0.309 e. The molecule has 98 valence electrons. The van der Waals surface area contributed by atoms with Crippen LogP contribution in [0.1, 0.15) is 23.6 Å². The summed E-state index contributed by atoms with van der Waals surface area (Å²) >= 11 is 0. The van der Waals surface area contributed by atoms with Gasteiger partial charge in [0.1, 0.15) is 0 Å². The largest absolute Gasteiger partial charge is 0.309 e. The van der Waals surface area contributed by atoms with Gasteiger partial charge in [-0.3, -0.25) is 9.48 Å². The lowest BCUT2D eigenvalue weighted by molar-refractivity contribution is -0.117. The average Bonchev–Trinajstić information content (AvgIpc) is 3.14. The molecule has 0 aliphatic heterocycles. The Labute approximate surface area is 112 Å². The van der Waals surface area contributed by atoms with Gasteiger partial charge in [-0.15, -0.1) is 0 Å². The summed E-state index contributed by atoms with van der Waals surface area (Å²) in [7, 11) is 1.87. The van der Waals surface area contributed by atoms with Crippen LogP contribution >= 0.6 is 0 Å². The topological polar surface area (TPSA) is 46.9 Å². The second-order valence-electron chi connectivity index (χ2n) is 5.14. The van der Waals surface area contributed by atoms with E-state index < -0.39 is 0 Å². The lowest BCUT2D eigenvalue weighted by Gasteiger charge is -2.01. The van der Waals surface area contributed by atoms with Crippen molar-refractivity contribution >= 4 is 11.7 Å². The van der Waals surface area contributed by atoms with Crippen LogP contribution in [-0.2, 0) is 11.8 Å². The van der Waals surface area contributed by atoms with Crippen LogP contribution in [0.4, 0.5) is 5.82 Å². The zero-order valence-corrected chi connectivity index (χ0v) is 11.1. The van der Waals surface area contributed by atoms with E-state index in [-0.39, 0.29) is 11.8 Å². The molecule has 1 aromatic heterocycles. The summed E-state index contributed by atoms with van der Waals surface area (Å²) in [4.78, 5) is 12.1. The monoisotopic (exact) mass is 255 g/mol. The van der Waals surface area contributed by atoms with Crippen molar-refractivity contribution in [3.63, 3.8) is 0 Å². The number of aromatic nitrogens is 2. The van der Waals surface area contributed by atoms with Gasteiger partial charge >= 0.3 is 0 Å². The molecule has 0 spiro atoms. The maximum absolute atomic E-state index is 12.1. The number of hydrogen-bond donors (Lipinski definition) is 1. The number of rotatable bonds is 3. The standard InChI is InChI=1S/C15H17N3O/c1-10-8-14(17-18(10)2)16-15(19)13-9-12(13)11-6-4-3-5-7-11/h3-8,12-13H,9H2,1-2H3,(H,16,17,19)/t12-,13+/m1/s1. The van der Waals surface area contributed by atoms with Crippen LogP contribution in [0.5, 0.6) is 0 Å². The highest BCUT2D eigenvalue weighted by atomic mass is 16.2. The molecule has 0 radical (unpaired) electrons. The second kappa shape index (κ2) is 4.53. The SMILES string of the molecule is Cc1cc(NC(=O)[C@H]2C[C@@H]2c2ccccc2)nn1C. The molecule has 1 fully saturated rings. The third-order valence-electron chi connectivity index (χ3n) is 3.72. The summed E-state index contributed by atoms with van der Waals surface area (Å²) in [6.07, 6.45) is 0.932. The van der Waals surface area contributed by atoms with Crippen molar-refractivity contribution in [3.05, 3.63) is 47.7 Å². The molecule has 2 aromatic rings. The van der Waals surface area contributed by atoms with Crippen LogP contribution in [0.25, 0.3) is 0 Å². The first-order valence-corrected chi connectivity index (χ1v) is 6.51. The van der Waals surface area contributed by atoms with Gasteiger partial charge in [0.05, 0.1) is 0 Å². The molecule has 0 unspecified atom stereocenters. The highest BCUT2D eigenvalue weighted by Gasteiger charge is 2.43. The fourth-order valence-electron chi connectivity index (χ4n) is 2.39. The molecule has 1 aliphatic carbocycles. The summed E-state index contributed by atoms with van der Waals surface area (Å²) < 4.78 is 1.76. The number of anilines is 1. The summed E-state index contributed by atoms with van der Waals surface area (Å²) in [6, 6.07) is 12.1. The fourth-order valence-corrected chi connectivity index (χ4v) is 2.39. The molecule has 0 bridgehead atoms. The predicted molar refractivity (Wildman–Crippen MR) is 73.9 cm³/mol. The lowest BCUT2D eigenvalue weighted by atomic mass is 10.1. The van der Waals surface area contributed by atoms with Gasteiger partial charge in [0.2, 0.25) is 5.91 Å². The molecule has 1 aromatic carbocycles. The van der Waals surface area contributed by atoms with Crippen molar-refractivity contribution < 1.29 is 4.79 Å². The van der Waals surface area contributed by atoms with E-state index in [2.05, 4.69) is 22.5 Å². The zero-order valence-electron chi connectivity index (χ0n) is 11.1. The third kappa shape index (κ3) is 2.38. The summed E-state index contributed by atoms with van der Waals surface area (Å²) in [5, 5.41) is 7.14. The summed E-state index contributed by atoms with van der Waals surface area (Å²) in [5.41, 5.74) is 2.28. The molecule has 2 atom stereocenters. The van der Waals surface area contributed by atoms with Crippen molar-refractivity contribution in [2.24, 2.45) is 13.0 Å². The summed E-state index contributed by atoms with van der Waals surface area (Å²) in [6.45, 7) is 1.96. The molecule has 1 N–H and O–H groups in total. The number of benzene rings is 1. The van der Waals surface area contributed by atoms with Crippen LogP contribution in [0.3, 0.4) is 0 Å². The second-order valence-corrected chi connectivity index (χ2v) is 5.14. The van der Waals surface area contributed by atoms with E-state index in [0.717, 1.165) is 12.1 Å². The molecule has 3 rings (SSSR count). The van der Waals surface area contributed by atoms with E-state index in [0.29, 0.717) is 11.7 Å². The van der Waals surface area contributed by atoms with E-state index in [9.17, 15) is 4.79 Å². The normalized spacial score (nSPS) is 21.2. The number of nitrogens with zero attached hydrogens (tertiary/aromatic N) is 2. The van der Waals surface area contributed by atoms with E-state index in [1.54, 1.807) is 4.68 Å². The number of carbonyl (C=O) groups excluding carboxylic acids is 1. The van der Waals surface area contributed by atoms with Crippen LogP contribution in [0.2, 0.25) is 0 Å². The van der Waals surface area contributed by atoms with Crippen LogP contribution in [0, 0.1) is 12.8 Å². The molecule has 1 aliphatic rings. The maximum Gasteiger partial charge on any atom is 0.229 e. The van der Waals surface area contributed by atoms with Gasteiger partial charge in [0.25, 0.3) is 0 Å². The Balaban J connectivity index is 1.64. The predicted octanol–water partition coefficient (Wildman–Crippen LogP) is 2.47. The molecule has 4 nitrogen and oxygen atoms in total. The van der Waals surface area contributed by atoms with Crippen LogP contribution in [-0.4, -0.2) is 15.7 Å². The summed E-state index contributed by atoms with van der Waals surface area (Å²) in [5.74, 6) is 1.17. The van der Waals surface area contributed by atoms with E-state index in [1.807, 2.05) is 38.2 Å². The smallest absolute Gasteiger partial charge is 0.229 e. The first-order chi connectivity index (χ1) is 9.15. The van der Waals surface area contributed by atoms with Gasteiger partial charge in [-0.25, -0.2) is 0 Å². The first-order valence-electron chi connectivity index (χ1n) is 6.51. The van der Waals surface area contributed by atoms with Gasteiger partial charge in [-0.05, 0) is 24.8 Å². The van der Waals surface area contributed by atoms with Gasteiger partial charge in [0.15, 0.2) is 5.82 Å². The highest BCUT2D eigenvalue weighted by Crippen LogP contribution is 2.47. The van der Waals surface area contributed by atoms with Crippen molar-refractivity contribution in [2.75, 3.05) is 5.32 Å². The molecule has 1 saturated carbocycles. The van der Waals surface area contributed by atoms with Gasteiger partial charge in [0, 0.05) is 24.7 Å². The fraction of sp³-hybridized carbons (Fsp3) is 0.333. The van der Waals surface area contributed by atoms with E-state index in [1.165, 1.54) is 5.56 Å². The van der Waals surface area contributed by atoms with E-state index in [4.69, 9.17) is 0 Å². The minimum atomic E-state index is 0.0759. The van der Waals surface area contributed by atoms with Gasteiger partial charge in [-0.1, -0.05) is 30.3 Å². The van der Waals surface area contributed by atoms with E-state index >= 15 is 0 Å². The molecule has 1 heterocycles. The highest BCUT2D eigenvalue weighted by molar-refractivity contribution is 5.94. The van der Waals surface area contributed by atoms with Crippen molar-refractivity contribution in [1.29, 1.82) is 0 Å². The Morgan fingerprint density at radius 1 is 1.37 bits per heavy atom. The molecule has 0 saturated heterocycles. The molecular weight excluding hydrogens is 238 g/mol.